The number of nitrogens with one attached hydrogen (secondary N) is 3. The molecule has 2 aliphatic rings. The van der Waals surface area contributed by atoms with Crippen LogP contribution in [0, 0.1) is 30.5 Å². The van der Waals surface area contributed by atoms with Gasteiger partial charge in [0, 0.05) is 56.1 Å². The fraction of sp³-hybridized carbons (Fsp3) is 0.515. The van der Waals surface area contributed by atoms with Gasteiger partial charge in [-0.3, -0.25) is 24.0 Å². The molecule has 4 atom stereocenters. The third-order valence-electron chi connectivity index (χ3n) is 8.29. The Morgan fingerprint density at radius 3 is 2.44 bits per heavy atom. The minimum absolute atomic E-state index is 0.0422. The topological polar surface area (TPSA) is 151 Å². The number of halogens is 1. The van der Waals surface area contributed by atoms with Gasteiger partial charge in [-0.2, -0.15) is 0 Å². The first-order chi connectivity index (χ1) is 21.5. The summed E-state index contributed by atoms with van der Waals surface area (Å²) in [6.45, 7) is 7.12. The number of Topliss-reactive ketones (excluding diaryl/α,β-unsaturated/α-hetero) is 1. The number of aryl methyl sites for hydroxylation is 1. The van der Waals surface area contributed by atoms with Gasteiger partial charge in [0.05, 0.1) is 6.04 Å². The van der Waals surface area contributed by atoms with Crippen molar-refractivity contribution < 1.29 is 32.9 Å². The van der Waals surface area contributed by atoms with Crippen molar-refractivity contribution in [2.24, 2.45) is 17.8 Å². The van der Waals surface area contributed by atoms with Crippen LogP contribution < -0.4 is 16.0 Å². The van der Waals surface area contributed by atoms with Crippen LogP contribution in [0.5, 0.6) is 0 Å². The largest absolute Gasteiger partial charge is 0.361 e. The molecule has 3 N–H and O–H groups in total. The number of benzene rings is 1. The highest BCUT2D eigenvalue weighted by Gasteiger charge is 2.33. The van der Waals surface area contributed by atoms with Crippen LogP contribution in [0.25, 0.3) is 0 Å². The molecule has 11 nitrogen and oxygen atoms in total. The van der Waals surface area contributed by atoms with Crippen LogP contribution in [0.3, 0.4) is 0 Å². The zero-order valence-corrected chi connectivity index (χ0v) is 26.0. The quantitative estimate of drug-likeness (QED) is 0.274. The number of likely N-dealkylation sites (tertiary alicyclic amines) is 1. The van der Waals surface area contributed by atoms with Crippen molar-refractivity contribution in [2.75, 3.05) is 19.6 Å². The van der Waals surface area contributed by atoms with E-state index in [1.54, 1.807) is 43.9 Å². The summed E-state index contributed by atoms with van der Waals surface area (Å²) >= 11 is 0. The Kier molecular flexibility index (Phi) is 11.6. The Morgan fingerprint density at radius 1 is 1.13 bits per heavy atom. The van der Waals surface area contributed by atoms with Crippen molar-refractivity contribution >= 4 is 29.4 Å². The molecule has 3 heterocycles. The van der Waals surface area contributed by atoms with Gasteiger partial charge in [-0.25, -0.2) is 4.39 Å². The highest BCUT2D eigenvalue weighted by atomic mass is 19.1. The van der Waals surface area contributed by atoms with Crippen LogP contribution in [0.1, 0.15) is 67.8 Å². The van der Waals surface area contributed by atoms with Crippen LogP contribution in [0.4, 0.5) is 4.39 Å². The van der Waals surface area contributed by atoms with Crippen molar-refractivity contribution in [1.82, 2.24) is 26.0 Å². The first-order valence-corrected chi connectivity index (χ1v) is 15.6. The Morgan fingerprint density at radius 2 is 1.84 bits per heavy atom. The maximum atomic E-state index is 13.9. The van der Waals surface area contributed by atoms with E-state index in [-0.39, 0.29) is 48.0 Å². The zero-order chi connectivity index (χ0) is 32.5. The van der Waals surface area contributed by atoms with Gasteiger partial charge in [-0.1, -0.05) is 37.2 Å². The molecule has 0 aliphatic carbocycles. The standard InChI is InChI=1S/C33H42FN5O6/c1-20(2)30(37-33(44)27-16-21(3)45-38-27)28(40)19-24(17-22-6-8-25(34)9-7-22)32(43)36-26(18-23-12-13-35-31(23)42)10-11-29(41)39-14-4-5-15-39/h6-11,16,20,23-24,26,30H,4-5,12-15,17-19H2,1-3H3,(H,35,42)(H,36,43)(H,37,44)/b11-10+/t23-,24+,26+,30-/m0/s1. The molecular formula is C33H42FN5O6. The van der Waals surface area contributed by atoms with E-state index in [1.165, 1.54) is 24.3 Å². The van der Waals surface area contributed by atoms with Gasteiger partial charge in [0.2, 0.25) is 17.7 Å². The third-order valence-corrected chi connectivity index (χ3v) is 8.29. The SMILES string of the molecule is Cc1cc(C(=O)N[C@H](C(=O)C[C@@H](Cc2ccc(F)cc2)C(=O)N[C@H](/C=C/C(=O)N2CCCC2)C[C@@H]2CCNC2=O)C(C)C)no1. The van der Waals surface area contributed by atoms with E-state index in [4.69, 9.17) is 4.52 Å². The lowest BCUT2D eigenvalue weighted by molar-refractivity contribution is -0.131. The van der Waals surface area contributed by atoms with Crippen molar-refractivity contribution in [3.8, 4) is 0 Å². The summed E-state index contributed by atoms with van der Waals surface area (Å²) in [5.41, 5.74) is 0.694. The van der Waals surface area contributed by atoms with Gasteiger partial charge in [-0.05, 0) is 62.6 Å². The zero-order valence-electron chi connectivity index (χ0n) is 26.0. The van der Waals surface area contributed by atoms with E-state index in [1.807, 2.05) is 0 Å². The smallest absolute Gasteiger partial charge is 0.274 e. The molecule has 45 heavy (non-hydrogen) atoms. The van der Waals surface area contributed by atoms with Crippen LogP contribution >= 0.6 is 0 Å². The predicted molar refractivity (Wildman–Crippen MR) is 163 cm³/mol. The molecule has 0 spiro atoms. The number of amides is 4. The lowest BCUT2D eigenvalue weighted by Crippen LogP contribution is -2.47. The van der Waals surface area contributed by atoms with Crippen LogP contribution in [0.15, 0.2) is 47.0 Å². The normalized spacial score (nSPS) is 18.6. The Bertz CT molecular complexity index is 1400. The third kappa shape index (κ3) is 9.57. The Labute approximate surface area is 262 Å². The fourth-order valence-electron chi connectivity index (χ4n) is 5.74. The molecule has 2 aliphatic heterocycles. The van der Waals surface area contributed by atoms with E-state index in [9.17, 15) is 28.4 Å². The van der Waals surface area contributed by atoms with E-state index >= 15 is 0 Å². The minimum atomic E-state index is -0.908. The van der Waals surface area contributed by atoms with Crippen molar-refractivity contribution in [3.63, 3.8) is 0 Å². The molecule has 0 unspecified atom stereocenters. The molecular weight excluding hydrogens is 581 g/mol. The molecule has 12 heteroatoms. The summed E-state index contributed by atoms with van der Waals surface area (Å²) in [4.78, 5) is 67.2. The van der Waals surface area contributed by atoms with Gasteiger partial charge < -0.3 is 25.4 Å². The molecule has 2 fully saturated rings. The molecule has 242 valence electrons. The number of hydrogen-bond donors (Lipinski definition) is 3. The second kappa shape index (κ2) is 15.6. The molecule has 1 aromatic carbocycles. The van der Waals surface area contributed by atoms with E-state index in [2.05, 4.69) is 21.1 Å². The maximum absolute atomic E-state index is 13.9. The Hall–Kier alpha value is -4.35. The summed E-state index contributed by atoms with van der Waals surface area (Å²) in [6.07, 6.45) is 5.77. The fourth-order valence-corrected chi connectivity index (χ4v) is 5.74. The lowest BCUT2D eigenvalue weighted by Gasteiger charge is -2.25. The molecule has 2 saturated heterocycles. The van der Waals surface area contributed by atoms with Crippen LogP contribution in [-0.4, -0.2) is 71.2 Å². The van der Waals surface area contributed by atoms with Gasteiger partial charge in [0.15, 0.2) is 11.5 Å². The molecule has 4 amide bonds. The molecule has 4 rings (SSSR count). The van der Waals surface area contributed by atoms with Crippen LogP contribution in [0.2, 0.25) is 0 Å². The highest BCUT2D eigenvalue weighted by molar-refractivity contribution is 5.97. The van der Waals surface area contributed by atoms with E-state index in [0.717, 1.165) is 12.8 Å². The monoisotopic (exact) mass is 623 g/mol. The number of carbonyl (C=O) groups excluding carboxylic acids is 5. The first-order valence-electron chi connectivity index (χ1n) is 15.6. The number of nitrogens with zero attached hydrogens (tertiary/aromatic N) is 2. The maximum Gasteiger partial charge on any atom is 0.274 e. The Balaban J connectivity index is 1.53. The molecule has 0 radical (unpaired) electrons. The first kappa shape index (κ1) is 33.5. The van der Waals surface area contributed by atoms with Crippen molar-refractivity contribution in [1.29, 1.82) is 0 Å². The number of ketones is 1. The molecule has 1 aromatic heterocycles. The van der Waals surface area contributed by atoms with E-state index < -0.39 is 35.6 Å². The summed E-state index contributed by atoms with van der Waals surface area (Å²) in [7, 11) is 0. The average molecular weight is 624 g/mol. The molecule has 0 bridgehead atoms. The lowest BCUT2D eigenvalue weighted by atomic mass is 9.87. The number of aromatic nitrogens is 1. The van der Waals surface area contributed by atoms with Crippen molar-refractivity contribution in [2.45, 2.75) is 71.4 Å². The predicted octanol–water partition coefficient (Wildman–Crippen LogP) is 2.88. The average Bonchev–Trinajstić information content (AvgIpc) is 3.78. The van der Waals surface area contributed by atoms with Gasteiger partial charge in [0.25, 0.3) is 5.91 Å². The van der Waals surface area contributed by atoms with Crippen molar-refractivity contribution in [3.05, 3.63) is 65.3 Å². The number of hydrogen-bond acceptors (Lipinski definition) is 7. The summed E-state index contributed by atoms with van der Waals surface area (Å²) in [5.74, 6) is -3.12. The second-order valence-corrected chi connectivity index (χ2v) is 12.2. The van der Waals surface area contributed by atoms with E-state index in [0.29, 0.717) is 43.8 Å². The molecule has 2 aromatic rings. The van der Waals surface area contributed by atoms with Gasteiger partial charge in [-0.15, -0.1) is 0 Å². The van der Waals surface area contributed by atoms with Gasteiger partial charge >= 0.3 is 0 Å². The van der Waals surface area contributed by atoms with Crippen LogP contribution in [-0.2, 0) is 25.6 Å². The minimum Gasteiger partial charge on any atom is -0.361 e. The summed E-state index contributed by atoms with van der Waals surface area (Å²) in [5, 5.41) is 12.2. The summed E-state index contributed by atoms with van der Waals surface area (Å²) < 4.78 is 18.6. The number of carbonyl (C=O) groups is 5. The van der Waals surface area contributed by atoms with Gasteiger partial charge in [0.1, 0.15) is 11.6 Å². The highest BCUT2D eigenvalue weighted by Crippen LogP contribution is 2.21. The molecule has 0 saturated carbocycles. The number of rotatable bonds is 14. The summed E-state index contributed by atoms with van der Waals surface area (Å²) in [6, 6.07) is 5.62. The second-order valence-electron chi connectivity index (χ2n) is 12.2.